The normalized spacial score (nSPS) is 12.9. The van der Waals surface area contributed by atoms with Crippen LogP contribution in [0.1, 0.15) is 182 Å². The summed E-state index contributed by atoms with van der Waals surface area (Å²) >= 11 is 0. The predicted octanol–water partition coefficient (Wildman–Crippen LogP) is 12.1. The Kier molecular flexibility index (Phi) is 25.1. The molecule has 0 radical (unpaired) electrons. The fourth-order valence-corrected chi connectivity index (χ4v) is 12.3. The zero-order chi connectivity index (χ0) is 26.7. The van der Waals surface area contributed by atoms with Crippen molar-refractivity contribution in [3.63, 3.8) is 0 Å². The minimum atomic E-state index is -2.46. The van der Waals surface area contributed by atoms with Gasteiger partial charge in [0.1, 0.15) is 0 Å². The topological polar surface area (TPSA) is 26.3 Å². The molecular formula is C33H69O2P. The SMILES string of the molecule is CCCCCCCCCCCCCCP(CCCCCC)(CCCCCC)(CCCCCC)OC=O. The molecule has 0 heterocycles. The average molecular weight is 529 g/mol. The van der Waals surface area contributed by atoms with Gasteiger partial charge in [-0.1, -0.05) is 13.3 Å². The van der Waals surface area contributed by atoms with Crippen LogP contribution in [0.2, 0.25) is 0 Å². The van der Waals surface area contributed by atoms with Gasteiger partial charge in [-0.15, -0.1) is 0 Å². The zero-order valence-electron chi connectivity index (χ0n) is 25.6. The summed E-state index contributed by atoms with van der Waals surface area (Å²) in [5.74, 6) is 0. The summed E-state index contributed by atoms with van der Waals surface area (Å²) in [6.45, 7) is 7.61. The van der Waals surface area contributed by atoms with Gasteiger partial charge in [0.25, 0.3) is 0 Å². The molecule has 0 saturated heterocycles. The van der Waals surface area contributed by atoms with Crippen molar-refractivity contribution in [2.24, 2.45) is 0 Å². The fourth-order valence-electron chi connectivity index (χ4n) is 6.17. The van der Waals surface area contributed by atoms with Crippen molar-refractivity contribution in [1.29, 1.82) is 0 Å². The van der Waals surface area contributed by atoms with E-state index in [-0.39, 0.29) is 0 Å². The standard InChI is InChI=1S/C33H69O2P/c1-5-9-13-17-18-19-20-21-22-23-24-28-32-36(35-33-34,29-25-14-10-6-2,30-26-15-11-7-3)31-27-16-12-8-4/h33H,5-32H2,1-4H3. The van der Waals surface area contributed by atoms with Crippen LogP contribution in [0.25, 0.3) is 0 Å². The number of rotatable bonds is 30. The summed E-state index contributed by atoms with van der Waals surface area (Å²) in [5, 5.41) is 0. The van der Waals surface area contributed by atoms with Crippen LogP contribution in [-0.4, -0.2) is 31.1 Å². The Morgan fingerprint density at radius 3 is 0.861 bits per heavy atom. The van der Waals surface area contributed by atoms with Gasteiger partial charge in [0.15, 0.2) is 0 Å². The van der Waals surface area contributed by atoms with Gasteiger partial charge in [-0.25, -0.2) is 0 Å². The third kappa shape index (κ3) is 18.2. The van der Waals surface area contributed by atoms with Crippen LogP contribution in [0.4, 0.5) is 0 Å². The van der Waals surface area contributed by atoms with E-state index < -0.39 is 6.83 Å². The van der Waals surface area contributed by atoms with Gasteiger partial charge in [-0.05, 0) is 0 Å². The summed E-state index contributed by atoms with van der Waals surface area (Å²) in [7, 11) is 0. The second-order valence-electron chi connectivity index (χ2n) is 12.0. The molecule has 2 nitrogen and oxygen atoms in total. The number of hydrogen-bond acceptors (Lipinski definition) is 2. The van der Waals surface area contributed by atoms with Crippen LogP contribution >= 0.6 is 6.83 Å². The summed E-state index contributed by atoms with van der Waals surface area (Å²) in [6.07, 6.45) is 37.0. The molecule has 0 amide bonds. The van der Waals surface area contributed by atoms with E-state index in [1.807, 2.05) is 0 Å². The van der Waals surface area contributed by atoms with Crippen LogP contribution in [-0.2, 0) is 9.32 Å². The van der Waals surface area contributed by atoms with E-state index in [9.17, 15) is 4.79 Å². The molecule has 0 bridgehead atoms. The first kappa shape index (κ1) is 35.9. The first-order valence-corrected chi connectivity index (χ1v) is 19.6. The minimum absolute atomic E-state index is 0.887. The number of carbonyl (C=O) groups is 1. The van der Waals surface area contributed by atoms with E-state index in [4.69, 9.17) is 4.52 Å². The molecule has 0 spiro atoms. The van der Waals surface area contributed by atoms with Crippen molar-refractivity contribution >= 4 is 13.3 Å². The van der Waals surface area contributed by atoms with E-state index in [0.29, 0.717) is 0 Å². The Morgan fingerprint density at radius 1 is 0.389 bits per heavy atom. The van der Waals surface area contributed by atoms with Crippen LogP contribution in [0, 0.1) is 0 Å². The van der Waals surface area contributed by atoms with Gasteiger partial charge in [-0.2, -0.15) is 0 Å². The summed E-state index contributed by atoms with van der Waals surface area (Å²) in [5.41, 5.74) is 0. The van der Waals surface area contributed by atoms with E-state index in [2.05, 4.69) is 27.7 Å². The Hall–Kier alpha value is -0.100. The molecule has 0 rings (SSSR count). The van der Waals surface area contributed by atoms with Crippen molar-refractivity contribution < 1.29 is 9.32 Å². The van der Waals surface area contributed by atoms with Crippen molar-refractivity contribution in [2.45, 2.75) is 182 Å². The van der Waals surface area contributed by atoms with Gasteiger partial charge in [-0.3, -0.25) is 0 Å². The molecule has 218 valence electrons. The molecule has 0 aromatic heterocycles. The Balaban J connectivity index is 4.92. The first-order chi connectivity index (χ1) is 17.6. The molecule has 0 aromatic carbocycles. The van der Waals surface area contributed by atoms with Crippen molar-refractivity contribution in [1.82, 2.24) is 0 Å². The van der Waals surface area contributed by atoms with Gasteiger partial charge < -0.3 is 0 Å². The monoisotopic (exact) mass is 529 g/mol. The van der Waals surface area contributed by atoms with Crippen molar-refractivity contribution in [2.75, 3.05) is 24.6 Å². The molecule has 0 aromatic rings. The third-order valence-corrected chi connectivity index (χ3v) is 15.1. The summed E-state index contributed by atoms with van der Waals surface area (Å²) in [6, 6.07) is 0. The van der Waals surface area contributed by atoms with E-state index in [1.54, 1.807) is 0 Å². The number of hydrogen-bond donors (Lipinski definition) is 0. The molecule has 0 N–H and O–H groups in total. The van der Waals surface area contributed by atoms with Gasteiger partial charge in [0.05, 0.1) is 0 Å². The van der Waals surface area contributed by atoms with E-state index >= 15 is 0 Å². The van der Waals surface area contributed by atoms with Crippen molar-refractivity contribution in [3.8, 4) is 0 Å². The fraction of sp³-hybridized carbons (Fsp3) is 0.970. The van der Waals surface area contributed by atoms with Crippen molar-refractivity contribution in [3.05, 3.63) is 0 Å². The Bertz CT molecular complexity index is 431. The molecule has 3 heteroatoms. The molecule has 36 heavy (non-hydrogen) atoms. The molecule has 0 saturated carbocycles. The summed E-state index contributed by atoms with van der Waals surface area (Å²) in [4.78, 5) is 12.0. The molecule has 0 fully saturated rings. The van der Waals surface area contributed by atoms with E-state index in [1.165, 1.54) is 179 Å². The molecule has 0 atom stereocenters. The van der Waals surface area contributed by atoms with Gasteiger partial charge in [0, 0.05) is 0 Å². The molecule has 0 aliphatic heterocycles. The van der Waals surface area contributed by atoms with Crippen LogP contribution in [0.5, 0.6) is 0 Å². The maximum atomic E-state index is 12.0. The first-order valence-electron chi connectivity index (χ1n) is 16.7. The zero-order valence-corrected chi connectivity index (χ0v) is 26.5. The van der Waals surface area contributed by atoms with Crippen LogP contribution in [0.3, 0.4) is 0 Å². The van der Waals surface area contributed by atoms with E-state index in [0.717, 1.165) is 6.47 Å². The maximum absolute atomic E-state index is 12.0. The molecular weight excluding hydrogens is 459 g/mol. The Morgan fingerprint density at radius 2 is 0.611 bits per heavy atom. The summed E-state index contributed by atoms with van der Waals surface area (Å²) < 4.78 is 6.51. The second-order valence-corrected chi connectivity index (χ2v) is 17.7. The van der Waals surface area contributed by atoms with Gasteiger partial charge in [0.2, 0.25) is 0 Å². The second kappa shape index (κ2) is 25.2. The van der Waals surface area contributed by atoms with Crippen LogP contribution in [0.15, 0.2) is 0 Å². The molecule has 0 aliphatic carbocycles. The third-order valence-electron chi connectivity index (χ3n) is 8.65. The average Bonchev–Trinajstić information content (AvgIpc) is 2.88. The molecule has 0 aliphatic rings. The number of carbonyl (C=O) groups excluding carboxylic acids is 1. The van der Waals surface area contributed by atoms with Crippen LogP contribution < -0.4 is 0 Å². The van der Waals surface area contributed by atoms with Gasteiger partial charge >= 0.3 is 216 Å². The Labute approximate surface area is 228 Å². The molecule has 0 unspecified atom stereocenters. The number of unbranched alkanes of at least 4 members (excludes halogenated alkanes) is 20. The predicted molar refractivity (Wildman–Crippen MR) is 167 cm³/mol. The quantitative estimate of drug-likeness (QED) is 0.0526.